The molecule has 6 heteroatoms. The van der Waals surface area contributed by atoms with Crippen molar-refractivity contribution in [1.82, 2.24) is 4.98 Å². The largest absolute Gasteiger partial charge is 0.518 e. The zero-order chi connectivity index (χ0) is 14.3. The summed E-state index contributed by atoms with van der Waals surface area (Å²) in [6.45, 7) is 8.23. The summed E-state index contributed by atoms with van der Waals surface area (Å²) in [4.78, 5) is 4.35. The van der Waals surface area contributed by atoms with E-state index in [2.05, 4.69) is 4.98 Å². The Hall–Kier alpha value is -1.11. The van der Waals surface area contributed by atoms with Crippen LogP contribution in [0.15, 0.2) is 12.1 Å². The normalized spacial score (nSPS) is 20.8. The van der Waals surface area contributed by atoms with Gasteiger partial charge in [0, 0.05) is 7.11 Å². The molecule has 1 aliphatic heterocycles. The second-order valence-corrected chi connectivity index (χ2v) is 5.73. The van der Waals surface area contributed by atoms with Crippen molar-refractivity contribution in [2.24, 2.45) is 0 Å². The van der Waals surface area contributed by atoms with E-state index in [-0.39, 0.29) is 5.75 Å². The number of aromatic hydroxyl groups is 1. The van der Waals surface area contributed by atoms with E-state index in [1.54, 1.807) is 19.2 Å². The van der Waals surface area contributed by atoms with Crippen LogP contribution in [0.2, 0.25) is 0 Å². The SMILES string of the molecule is COCc1ccc(O)c(B2OC(C)(C)C(C)(C)O2)n1. The van der Waals surface area contributed by atoms with Crippen LogP contribution >= 0.6 is 0 Å². The molecule has 0 bridgehead atoms. The monoisotopic (exact) mass is 265 g/mol. The second-order valence-electron chi connectivity index (χ2n) is 5.73. The first-order valence-electron chi connectivity index (χ1n) is 6.30. The van der Waals surface area contributed by atoms with Crippen LogP contribution in [-0.2, 0) is 20.7 Å². The first kappa shape index (κ1) is 14.3. The number of ether oxygens (including phenoxy) is 1. The van der Waals surface area contributed by atoms with Crippen molar-refractivity contribution >= 4 is 12.7 Å². The summed E-state index contributed by atoms with van der Waals surface area (Å²) >= 11 is 0. The van der Waals surface area contributed by atoms with Crippen molar-refractivity contribution in [3.63, 3.8) is 0 Å². The van der Waals surface area contributed by atoms with Crippen molar-refractivity contribution in [2.75, 3.05) is 7.11 Å². The molecule has 1 N–H and O–H groups in total. The Bertz CT molecular complexity index is 460. The highest BCUT2D eigenvalue weighted by molar-refractivity contribution is 6.62. The van der Waals surface area contributed by atoms with E-state index in [1.165, 1.54) is 0 Å². The molecule has 0 spiro atoms. The van der Waals surface area contributed by atoms with E-state index in [0.717, 1.165) is 5.69 Å². The Morgan fingerprint density at radius 3 is 2.32 bits per heavy atom. The van der Waals surface area contributed by atoms with Crippen molar-refractivity contribution in [1.29, 1.82) is 0 Å². The highest BCUT2D eigenvalue weighted by Gasteiger charge is 2.53. The number of methoxy groups -OCH3 is 1. The van der Waals surface area contributed by atoms with Crippen LogP contribution < -0.4 is 5.59 Å². The van der Waals surface area contributed by atoms with Gasteiger partial charge >= 0.3 is 7.12 Å². The fourth-order valence-corrected chi connectivity index (χ4v) is 1.87. The molecule has 0 saturated carbocycles. The van der Waals surface area contributed by atoms with Crippen LogP contribution in [0.4, 0.5) is 0 Å². The zero-order valence-corrected chi connectivity index (χ0v) is 12.1. The minimum Gasteiger partial charge on any atom is -0.507 e. The van der Waals surface area contributed by atoms with E-state index in [4.69, 9.17) is 14.0 Å². The summed E-state index contributed by atoms with van der Waals surface area (Å²) in [5.41, 5.74) is 0.213. The summed E-state index contributed by atoms with van der Waals surface area (Å²) in [5, 5.41) is 9.94. The van der Waals surface area contributed by atoms with Crippen molar-refractivity contribution in [3.8, 4) is 5.75 Å². The molecular formula is C13H20BNO4. The quantitative estimate of drug-likeness (QED) is 0.833. The third-order valence-electron chi connectivity index (χ3n) is 3.73. The fourth-order valence-electron chi connectivity index (χ4n) is 1.87. The summed E-state index contributed by atoms with van der Waals surface area (Å²) in [6.07, 6.45) is 0. The molecule has 1 aromatic heterocycles. The number of aromatic nitrogens is 1. The topological polar surface area (TPSA) is 60.8 Å². The fraction of sp³-hybridized carbons (Fsp3) is 0.615. The van der Waals surface area contributed by atoms with Crippen LogP contribution in [0.25, 0.3) is 0 Å². The summed E-state index contributed by atoms with van der Waals surface area (Å²) < 4.78 is 16.8. The smallest absolute Gasteiger partial charge is 0.507 e. The van der Waals surface area contributed by atoms with E-state index in [9.17, 15) is 5.11 Å². The van der Waals surface area contributed by atoms with E-state index in [1.807, 2.05) is 27.7 Å². The lowest BCUT2D eigenvalue weighted by Crippen LogP contribution is -2.41. The maximum absolute atomic E-state index is 9.94. The molecule has 104 valence electrons. The Kier molecular flexibility index (Phi) is 3.60. The van der Waals surface area contributed by atoms with Crippen molar-refractivity contribution < 1.29 is 19.2 Å². The van der Waals surface area contributed by atoms with Crippen LogP contribution in [0.5, 0.6) is 5.75 Å². The highest BCUT2D eigenvalue weighted by Crippen LogP contribution is 2.36. The molecule has 0 unspecified atom stereocenters. The van der Waals surface area contributed by atoms with Crippen molar-refractivity contribution in [3.05, 3.63) is 17.8 Å². The van der Waals surface area contributed by atoms with Gasteiger partial charge in [-0.2, -0.15) is 0 Å². The first-order chi connectivity index (χ1) is 8.77. The minimum absolute atomic E-state index is 0.0679. The molecule has 1 fully saturated rings. The van der Waals surface area contributed by atoms with Gasteiger partial charge in [0.2, 0.25) is 0 Å². The Labute approximate surface area is 114 Å². The Morgan fingerprint density at radius 1 is 1.21 bits per heavy atom. The number of pyridine rings is 1. The molecule has 1 aliphatic rings. The predicted octanol–water partition coefficient (Wildman–Crippen LogP) is 1.23. The molecular weight excluding hydrogens is 245 g/mol. The van der Waals surface area contributed by atoms with Crippen molar-refractivity contribution in [2.45, 2.75) is 45.5 Å². The Morgan fingerprint density at radius 2 is 1.79 bits per heavy atom. The molecule has 1 saturated heterocycles. The highest BCUT2D eigenvalue weighted by atomic mass is 16.7. The molecule has 5 nitrogen and oxygen atoms in total. The molecule has 0 atom stereocenters. The number of rotatable bonds is 3. The van der Waals surface area contributed by atoms with Gasteiger partial charge in [-0.25, -0.2) is 0 Å². The standard InChI is InChI=1S/C13H20BNO4/c1-12(2)13(3,4)19-14(18-12)11-10(16)7-6-9(15-11)8-17-5/h6-7,16H,8H2,1-5H3. The molecule has 2 rings (SSSR count). The van der Waals surface area contributed by atoms with Gasteiger partial charge in [-0.3, -0.25) is 4.98 Å². The third-order valence-corrected chi connectivity index (χ3v) is 3.73. The summed E-state index contributed by atoms with van der Waals surface area (Å²) in [5.74, 6) is 0.0679. The van der Waals surface area contributed by atoms with Crippen LogP contribution in [-0.4, -0.2) is 35.5 Å². The average molecular weight is 265 g/mol. The Balaban J connectivity index is 2.31. The van der Waals surface area contributed by atoms with Crippen LogP contribution in [0.1, 0.15) is 33.4 Å². The first-order valence-corrected chi connectivity index (χ1v) is 6.30. The maximum Gasteiger partial charge on any atom is 0.518 e. The van der Waals surface area contributed by atoms with E-state index >= 15 is 0 Å². The van der Waals surface area contributed by atoms with Gasteiger partial charge in [0.15, 0.2) is 0 Å². The minimum atomic E-state index is -0.665. The second kappa shape index (κ2) is 4.78. The lowest BCUT2D eigenvalue weighted by atomic mass is 9.83. The van der Waals surface area contributed by atoms with E-state index < -0.39 is 18.3 Å². The van der Waals surface area contributed by atoms with Gasteiger partial charge in [-0.05, 0) is 39.8 Å². The number of hydrogen-bond acceptors (Lipinski definition) is 5. The van der Waals surface area contributed by atoms with Gasteiger partial charge in [0.1, 0.15) is 11.3 Å². The molecule has 2 heterocycles. The lowest BCUT2D eigenvalue weighted by Gasteiger charge is -2.32. The number of hydrogen-bond donors (Lipinski definition) is 1. The van der Waals surface area contributed by atoms with E-state index in [0.29, 0.717) is 12.2 Å². The predicted molar refractivity (Wildman–Crippen MR) is 72.3 cm³/mol. The third kappa shape index (κ3) is 2.61. The average Bonchev–Trinajstić information content (AvgIpc) is 2.51. The lowest BCUT2D eigenvalue weighted by molar-refractivity contribution is 0.00578. The van der Waals surface area contributed by atoms with Gasteiger partial charge in [0.25, 0.3) is 0 Å². The number of nitrogens with zero attached hydrogens (tertiary/aromatic N) is 1. The molecule has 0 aromatic carbocycles. The molecule has 0 amide bonds. The molecule has 1 aromatic rings. The van der Waals surface area contributed by atoms with Gasteiger partial charge in [-0.1, -0.05) is 0 Å². The maximum atomic E-state index is 9.94. The van der Waals surface area contributed by atoms with Gasteiger partial charge in [-0.15, -0.1) is 0 Å². The molecule has 0 aliphatic carbocycles. The summed E-state index contributed by atoms with van der Waals surface area (Å²) in [6, 6.07) is 3.30. The van der Waals surface area contributed by atoms with Crippen LogP contribution in [0, 0.1) is 0 Å². The molecule has 19 heavy (non-hydrogen) atoms. The zero-order valence-electron chi connectivity index (χ0n) is 12.1. The summed E-state index contributed by atoms with van der Waals surface area (Å²) in [7, 11) is 0.935. The molecule has 0 radical (unpaired) electrons. The van der Waals surface area contributed by atoms with Gasteiger partial charge in [0.05, 0.1) is 23.5 Å². The van der Waals surface area contributed by atoms with Gasteiger partial charge < -0.3 is 19.2 Å². The van der Waals surface area contributed by atoms with Crippen LogP contribution in [0.3, 0.4) is 0 Å².